The Bertz CT molecular complexity index is 370. The van der Waals surface area contributed by atoms with Crippen molar-refractivity contribution in [3.8, 4) is 0 Å². The number of hydrogen-bond acceptors (Lipinski definition) is 2. The fraction of sp³-hybridized carbons (Fsp3) is 1.00. The van der Waals surface area contributed by atoms with E-state index in [0.29, 0.717) is 0 Å². The van der Waals surface area contributed by atoms with Gasteiger partial charge in [-0.1, -0.05) is 174 Å². The number of unbranched alkanes of at least 4 members (excludes halogenated alkanes) is 23. The van der Waals surface area contributed by atoms with Gasteiger partial charge in [0.2, 0.25) is 0 Å². The monoisotopic (exact) mass is 498 g/mol. The SMILES string of the molecule is CCCCCCCCCCCCCCCCC[Si](CCCCCCCCCCCC)(OC)OC. The minimum Gasteiger partial charge on any atom is -0.398 e. The maximum atomic E-state index is 6.01. The third-order valence-electron chi connectivity index (χ3n) is 7.82. The van der Waals surface area contributed by atoms with Gasteiger partial charge in [-0.2, -0.15) is 0 Å². The van der Waals surface area contributed by atoms with Gasteiger partial charge in [-0.05, 0) is 12.1 Å². The largest absolute Gasteiger partial charge is 0.398 e. The Morgan fingerprint density at radius 2 is 0.529 bits per heavy atom. The lowest BCUT2D eigenvalue weighted by Gasteiger charge is -2.27. The zero-order valence-corrected chi connectivity index (χ0v) is 25.4. The van der Waals surface area contributed by atoms with Gasteiger partial charge in [-0.25, -0.2) is 0 Å². The Morgan fingerprint density at radius 3 is 0.735 bits per heavy atom. The van der Waals surface area contributed by atoms with Gasteiger partial charge in [0.05, 0.1) is 0 Å². The predicted octanol–water partition coefficient (Wildman–Crippen LogP) is 11.5. The third kappa shape index (κ3) is 22.6. The van der Waals surface area contributed by atoms with Crippen molar-refractivity contribution in [1.82, 2.24) is 0 Å². The minimum atomic E-state index is -1.94. The van der Waals surface area contributed by atoms with Crippen molar-refractivity contribution < 1.29 is 8.85 Å². The van der Waals surface area contributed by atoms with E-state index in [0.717, 1.165) is 0 Å². The summed E-state index contributed by atoms with van der Waals surface area (Å²) in [7, 11) is 1.86. The normalized spacial score (nSPS) is 12.0. The van der Waals surface area contributed by atoms with E-state index >= 15 is 0 Å². The molecule has 206 valence electrons. The molecule has 0 saturated heterocycles. The molecule has 0 saturated carbocycles. The van der Waals surface area contributed by atoms with Crippen LogP contribution in [-0.4, -0.2) is 22.8 Å². The molecule has 34 heavy (non-hydrogen) atoms. The third-order valence-corrected chi connectivity index (χ3v) is 11.5. The molecular weight excluding hydrogens is 432 g/mol. The standard InChI is InChI=1S/C31H66O2Si/c1-5-7-9-11-13-15-17-18-19-20-21-23-25-27-29-31-34(32-3,33-4)30-28-26-24-22-16-14-12-10-8-6-2/h5-31H2,1-4H3. The van der Waals surface area contributed by atoms with Crippen LogP contribution in [0.4, 0.5) is 0 Å². The number of hydrogen-bond donors (Lipinski definition) is 0. The van der Waals surface area contributed by atoms with Crippen molar-refractivity contribution in [1.29, 1.82) is 0 Å². The fourth-order valence-electron chi connectivity index (χ4n) is 5.26. The maximum absolute atomic E-state index is 6.01. The quantitative estimate of drug-likeness (QED) is 0.0753. The molecule has 2 nitrogen and oxygen atoms in total. The first-order valence-electron chi connectivity index (χ1n) is 15.8. The van der Waals surface area contributed by atoms with Crippen LogP contribution >= 0.6 is 0 Å². The van der Waals surface area contributed by atoms with Gasteiger partial charge in [-0.15, -0.1) is 0 Å². The topological polar surface area (TPSA) is 18.5 Å². The highest BCUT2D eigenvalue weighted by molar-refractivity contribution is 6.67. The molecule has 0 heterocycles. The van der Waals surface area contributed by atoms with Crippen LogP contribution in [0.3, 0.4) is 0 Å². The zero-order chi connectivity index (χ0) is 25.0. The summed E-state index contributed by atoms with van der Waals surface area (Å²) in [6.45, 7) is 4.59. The molecule has 3 heteroatoms. The lowest BCUT2D eigenvalue weighted by molar-refractivity contribution is 0.238. The Morgan fingerprint density at radius 1 is 0.324 bits per heavy atom. The summed E-state index contributed by atoms with van der Waals surface area (Å²) in [6.07, 6.45) is 35.3. The van der Waals surface area contributed by atoms with Gasteiger partial charge in [0, 0.05) is 14.2 Å². The molecule has 0 aromatic rings. The van der Waals surface area contributed by atoms with E-state index in [2.05, 4.69) is 13.8 Å². The smallest absolute Gasteiger partial charge is 0.337 e. The van der Waals surface area contributed by atoms with Crippen molar-refractivity contribution in [3.63, 3.8) is 0 Å². The summed E-state index contributed by atoms with van der Waals surface area (Å²) in [6, 6.07) is 2.38. The van der Waals surface area contributed by atoms with Crippen LogP contribution in [0.15, 0.2) is 0 Å². The second-order valence-corrected chi connectivity index (χ2v) is 14.6. The van der Waals surface area contributed by atoms with Crippen molar-refractivity contribution in [3.05, 3.63) is 0 Å². The average Bonchev–Trinajstić information content (AvgIpc) is 2.86. The number of rotatable bonds is 29. The molecule has 0 bridgehead atoms. The predicted molar refractivity (Wildman–Crippen MR) is 156 cm³/mol. The molecule has 0 rings (SSSR count). The van der Waals surface area contributed by atoms with E-state index in [1.54, 1.807) is 0 Å². The van der Waals surface area contributed by atoms with Gasteiger partial charge in [0.15, 0.2) is 0 Å². The van der Waals surface area contributed by atoms with Crippen LogP contribution < -0.4 is 0 Å². The summed E-state index contributed by atoms with van der Waals surface area (Å²) in [4.78, 5) is 0. The molecule has 0 unspecified atom stereocenters. The van der Waals surface area contributed by atoms with Gasteiger partial charge in [-0.3, -0.25) is 0 Å². The highest BCUT2D eigenvalue weighted by Gasteiger charge is 2.33. The molecule has 0 spiro atoms. The van der Waals surface area contributed by atoms with Gasteiger partial charge < -0.3 is 8.85 Å². The molecule has 0 radical (unpaired) electrons. The van der Waals surface area contributed by atoms with E-state index in [4.69, 9.17) is 8.85 Å². The highest BCUT2D eigenvalue weighted by atomic mass is 28.4. The fourth-order valence-corrected chi connectivity index (χ4v) is 8.07. The first-order valence-corrected chi connectivity index (χ1v) is 18.1. The Hall–Kier alpha value is 0.137. The summed E-state index contributed by atoms with van der Waals surface area (Å²) in [5.41, 5.74) is 0. The van der Waals surface area contributed by atoms with Crippen LogP contribution in [0.2, 0.25) is 12.1 Å². The van der Waals surface area contributed by atoms with Crippen LogP contribution in [0.25, 0.3) is 0 Å². The lowest BCUT2D eigenvalue weighted by atomic mass is 10.0. The van der Waals surface area contributed by atoms with Crippen molar-refractivity contribution in [2.75, 3.05) is 14.2 Å². The molecule has 0 aromatic carbocycles. The second kappa shape index (κ2) is 27.7. The summed E-state index contributed by atoms with van der Waals surface area (Å²) >= 11 is 0. The van der Waals surface area contributed by atoms with Gasteiger partial charge >= 0.3 is 8.56 Å². The molecule has 0 aliphatic carbocycles. The molecule has 0 fully saturated rings. The molecule has 0 aliphatic rings. The van der Waals surface area contributed by atoms with Crippen molar-refractivity contribution in [2.45, 2.75) is 186 Å². The van der Waals surface area contributed by atoms with E-state index in [1.807, 2.05) is 14.2 Å². The maximum Gasteiger partial charge on any atom is 0.337 e. The lowest BCUT2D eigenvalue weighted by Crippen LogP contribution is -2.39. The van der Waals surface area contributed by atoms with E-state index in [-0.39, 0.29) is 0 Å². The molecule has 0 amide bonds. The molecule has 0 N–H and O–H groups in total. The molecule has 0 aliphatic heterocycles. The minimum absolute atomic E-state index is 1.19. The Balaban J connectivity index is 3.55. The molecular formula is C31H66O2Si. The summed E-state index contributed by atoms with van der Waals surface area (Å²) in [5.74, 6) is 0. The second-order valence-electron chi connectivity index (χ2n) is 11.0. The van der Waals surface area contributed by atoms with Crippen molar-refractivity contribution >= 4 is 8.56 Å². The molecule has 0 atom stereocenters. The zero-order valence-electron chi connectivity index (χ0n) is 24.4. The van der Waals surface area contributed by atoms with Crippen LogP contribution in [0.5, 0.6) is 0 Å². The first kappa shape index (κ1) is 34.1. The van der Waals surface area contributed by atoms with Crippen molar-refractivity contribution in [2.24, 2.45) is 0 Å². The molecule has 0 aromatic heterocycles. The summed E-state index contributed by atoms with van der Waals surface area (Å²) in [5, 5.41) is 0. The first-order chi connectivity index (χ1) is 16.7. The van der Waals surface area contributed by atoms with Crippen LogP contribution in [0.1, 0.15) is 174 Å². The van der Waals surface area contributed by atoms with Gasteiger partial charge in [0.1, 0.15) is 0 Å². The van der Waals surface area contributed by atoms with Gasteiger partial charge in [0.25, 0.3) is 0 Å². The van der Waals surface area contributed by atoms with Crippen LogP contribution in [0, 0.1) is 0 Å². The Labute approximate surface area is 218 Å². The summed E-state index contributed by atoms with van der Waals surface area (Å²) < 4.78 is 12.0. The average molecular weight is 499 g/mol. The van der Waals surface area contributed by atoms with E-state index in [9.17, 15) is 0 Å². The van der Waals surface area contributed by atoms with E-state index < -0.39 is 8.56 Å². The van der Waals surface area contributed by atoms with Crippen LogP contribution in [-0.2, 0) is 8.85 Å². The Kier molecular flexibility index (Phi) is 27.8. The highest BCUT2D eigenvalue weighted by Crippen LogP contribution is 2.25. The van der Waals surface area contributed by atoms with E-state index in [1.165, 1.54) is 173 Å².